The molecule has 1 aliphatic heterocycles. The highest BCUT2D eigenvalue weighted by Gasteiger charge is 2.26. The molecule has 1 aromatic carbocycles. The zero-order valence-corrected chi connectivity index (χ0v) is 14.2. The molecule has 0 aliphatic carbocycles. The van der Waals surface area contributed by atoms with E-state index in [0.29, 0.717) is 12.2 Å². The molecule has 5 heteroatoms. The molecule has 0 amide bonds. The van der Waals surface area contributed by atoms with Gasteiger partial charge in [-0.15, -0.1) is 0 Å². The molecular weight excluding hydrogens is 308 g/mol. The first-order valence-electron chi connectivity index (χ1n) is 8.04. The summed E-state index contributed by atoms with van der Waals surface area (Å²) >= 11 is 0. The lowest BCUT2D eigenvalue weighted by Crippen LogP contribution is -2.17. The third kappa shape index (κ3) is 4.72. The van der Waals surface area contributed by atoms with Gasteiger partial charge in [-0.3, -0.25) is 0 Å². The van der Waals surface area contributed by atoms with Crippen molar-refractivity contribution in [1.82, 2.24) is 0 Å². The first-order chi connectivity index (χ1) is 11.5. The fourth-order valence-electron chi connectivity index (χ4n) is 2.42. The van der Waals surface area contributed by atoms with E-state index in [1.807, 2.05) is 31.2 Å². The SMILES string of the molecule is CCOC(=O)/C=C1\CC(c2ccc(C)cc2)C=C(C(=O)OCC)O1. The van der Waals surface area contributed by atoms with Gasteiger partial charge < -0.3 is 14.2 Å². The van der Waals surface area contributed by atoms with Gasteiger partial charge >= 0.3 is 11.9 Å². The molecule has 1 aliphatic rings. The summed E-state index contributed by atoms with van der Waals surface area (Å²) in [5.74, 6) is -0.599. The molecule has 0 saturated heterocycles. The Labute approximate surface area is 141 Å². The summed E-state index contributed by atoms with van der Waals surface area (Å²) in [6.07, 6.45) is 3.51. The van der Waals surface area contributed by atoms with E-state index in [9.17, 15) is 9.59 Å². The predicted octanol–water partition coefficient (Wildman–Crippen LogP) is 3.39. The summed E-state index contributed by atoms with van der Waals surface area (Å²) in [4.78, 5) is 23.7. The van der Waals surface area contributed by atoms with E-state index in [-0.39, 0.29) is 24.9 Å². The van der Waals surface area contributed by atoms with E-state index in [2.05, 4.69) is 0 Å². The fraction of sp³-hybridized carbons (Fsp3) is 0.368. The van der Waals surface area contributed by atoms with Gasteiger partial charge in [0, 0.05) is 12.3 Å². The van der Waals surface area contributed by atoms with Crippen LogP contribution in [0.5, 0.6) is 0 Å². The van der Waals surface area contributed by atoms with Gasteiger partial charge in [0.05, 0.1) is 19.3 Å². The third-order valence-electron chi connectivity index (χ3n) is 3.56. The molecule has 0 aromatic heterocycles. The minimum absolute atomic E-state index is 0.0700. The lowest BCUT2D eigenvalue weighted by molar-refractivity contribution is -0.142. The molecule has 128 valence electrons. The molecule has 1 aromatic rings. The van der Waals surface area contributed by atoms with Crippen molar-refractivity contribution in [1.29, 1.82) is 0 Å². The van der Waals surface area contributed by atoms with Gasteiger partial charge in [-0.25, -0.2) is 9.59 Å². The number of carbonyl (C=O) groups excluding carboxylic acids is 2. The smallest absolute Gasteiger partial charge is 0.373 e. The first kappa shape index (κ1) is 17.8. The maximum absolute atomic E-state index is 12.0. The van der Waals surface area contributed by atoms with Crippen LogP contribution >= 0.6 is 0 Å². The Balaban J connectivity index is 2.30. The lowest BCUT2D eigenvalue weighted by Gasteiger charge is -2.23. The maximum atomic E-state index is 12.0. The summed E-state index contributed by atoms with van der Waals surface area (Å²) in [5, 5.41) is 0. The van der Waals surface area contributed by atoms with Crippen LogP contribution in [-0.4, -0.2) is 25.2 Å². The number of ether oxygens (including phenoxy) is 3. The van der Waals surface area contributed by atoms with Crippen LogP contribution in [0.15, 0.2) is 47.9 Å². The van der Waals surface area contributed by atoms with Crippen LogP contribution in [0.3, 0.4) is 0 Å². The Morgan fingerprint density at radius 2 is 1.83 bits per heavy atom. The van der Waals surface area contributed by atoms with Crippen LogP contribution in [0, 0.1) is 6.92 Å². The quantitative estimate of drug-likeness (QED) is 0.612. The van der Waals surface area contributed by atoms with Gasteiger partial charge in [0.15, 0.2) is 0 Å². The number of carbonyl (C=O) groups is 2. The number of rotatable bonds is 5. The van der Waals surface area contributed by atoms with Gasteiger partial charge in [0.25, 0.3) is 0 Å². The van der Waals surface area contributed by atoms with Crippen molar-refractivity contribution in [3.63, 3.8) is 0 Å². The van der Waals surface area contributed by atoms with Crippen molar-refractivity contribution in [3.8, 4) is 0 Å². The second-order valence-electron chi connectivity index (χ2n) is 5.44. The van der Waals surface area contributed by atoms with E-state index in [1.54, 1.807) is 19.9 Å². The Morgan fingerprint density at radius 1 is 1.17 bits per heavy atom. The molecule has 0 radical (unpaired) electrons. The number of esters is 2. The van der Waals surface area contributed by atoms with Gasteiger partial charge in [0.2, 0.25) is 5.76 Å². The predicted molar refractivity (Wildman–Crippen MR) is 89.1 cm³/mol. The summed E-state index contributed by atoms with van der Waals surface area (Å²) in [6.45, 7) is 6.02. The first-order valence-corrected chi connectivity index (χ1v) is 8.04. The highest BCUT2D eigenvalue weighted by molar-refractivity contribution is 5.87. The van der Waals surface area contributed by atoms with Crippen molar-refractivity contribution in [2.45, 2.75) is 33.1 Å². The number of aryl methyl sites for hydroxylation is 1. The highest BCUT2D eigenvalue weighted by atomic mass is 16.6. The van der Waals surface area contributed by atoms with Crippen molar-refractivity contribution in [2.24, 2.45) is 0 Å². The van der Waals surface area contributed by atoms with Crippen molar-refractivity contribution >= 4 is 11.9 Å². The number of allylic oxidation sites excluding steroid dienone is 2. The van der Waals surface area contributed by atoms with Gasteiger partial charge in [0.1, 0.15) is 5.76 Å². The van der Waals surface area contributed by atoms with Crippen LogP contribution in [-0.2, 0) is 23.8 Å². The molecule has 5 nitrogen and oxygen atoms in total. The normalized spacial score (nSPS) is 18.5. The van der Waals surface area contributed by atoms with Crippen LogP contribution in [0.25, 0.3) is 0 Å². The Hall–Kier alpha value is -2.56. The minimum Gasteiger partial charge on any atom is -0.463 e. The highest BCUT2D eigenvalue weighted by Crippen LogP contribution is 2.33. The fourth-order valence-corrected chi connectivity index (χ4v) is 2.42. The average molecular weight is 330 g/mol. The monoisotopic (exact) mass is 330 g/mol. The Bertz CT molecular complexity index is 655. The van der Waals surface area contributed by atoms with Gasteiger partial charge in [-0.05, 0) is 32.4 Å². The van der Waals surface area contributed by atoms with Gasteiger partial charge in [-0.2, -0.15) is 0 Å². The molecule has 1 unspecified atom stereocenters. The average Bonchev–Trinajstić information content (AvgIpc) is 2.55. The van der Waals surface area contributed by atoms with Crippen molar-refractivity contribution in [2.75, 3.05) is 13.2 Å². The second-order valence-corrected chi connectivity index (χ2v) is 5.44. The molecule has 0 fully saturated rings. The van der Waals surface area contributed by atoms with Crippen LogP contribution in [0.4, 0.5) is 0 Å². The summed E-state index contributed by atoms with van der Waals surface area (Å²) in [5.41, 5.74) is 2.20. The summed E-state index contributed by atoms with van der Waals surface area (Å²) < 4.78 is 15.5. The molecule has 24 heavy (non-hydrogen) atoms. The number of benzene rings is 1. The molecule has 0 bridgehead atoms. The molecule has 0 spiro atoms. The molecule has 1 heterocycles. The molecular formula is C19H22O5. The third-order valence-corrected chi connectivity index (χ3v) is 3.56. The zero-order chi connectivity index (χ0) is 17.5. The maximum Gasteiger partial charge on any atom is 0.373 e. The number of hydrogen-bond donors (Lipinski definition) is 0. The van der Waals surface area contributed by atoms with E-state index >= 15 is 0 Å². The van der Waals surface area contributed by atoms with E-state index in [1.165, 1.54) is 6.08 Å². The second kappa shape index (κ2) is 8.34. The standard InChI is InChI=1S/C19H22O5/c1-4-22-18(20)12-16-10-15(14-8-6-13(3)7-9-14)11-17(24-16)19(21)23-5-2/h6-9,11-12,15H,4-5,10H2,1-3H3/b16-12+. The molecule has 0 saturated carbocycles. The summed E-state index contributed by atoms with van der Waals surface area (Å²) in [6, 6.07) is 8.04. The van der Waals surface area contributed by atoms with Crippen LogP contribution in [0.2, 0.25) is 0 Å². The van der Waals surface area contributed by atoms with Crippen molar-refractivity contribution < 1.29 is 23.8 Å². The lowest BCUT2D eigenvalue weighted by atomic mass is 9.91. The van der Waals surface area contributed by atoms with Crippen molar-refractivity contribution in [3.05, 3.63) is 59.1 Å². The zero-order valence-electron chi connectivity index (χ0n) is 14.2. The topological polar surface area (TPSA) is 61.8 Å². The Morgan fingerprint density at radius 3 is 2.46 bits per heavy atom. The largest absolute Gasteiger partial charge is 0.463 e. The molecule has 0 N–H and O–H groups in total. The molecule has 1 atom stereocenters. The van der Waals surface area contributed by atoms with Gasteiger partial charge in [-0.1, -0.05) is 29.8 Å². The minimum atomic E-state index is -0.538. The summed E-state index contributed by atoms with van der Waals surface area (Å²) in [7, 11) is 0. The van der Waals surface area contributed by atoms with E-state index in [4.69, 9.17) is 14.2 Å². The van der Waals surface area contributed by atoms with E-state index < -0.39 is 11.9 Å². The van der Waals surface area contributed by atoms with Crippen LogP contribution < -0.4 is 0 Å². The molecule has 2 rings (SSSR count). The van der Waals surface area contributed by atoms with Crippen LogP contribution in [0.1, 0.15) is 37.3 Å². The Kier molecular flexibility index (Phi) is 6.18. The number of hydrogen-bond acceptors (Lipinski definition) is 5. The van der Waals surface area contributed by atoms with E-state index in [0.717, 1.165) is 11.1 Å².